The van der Waals surface area contributed by atoms with Gasteiger partial charge in [0.2, 0.25) is 0 Å². The maximum absolute atomic E-state index is 7.23. The second-order valence-electron chi connectivity index (χ2n) is 32.6. The zero-order valence-corrected chi connectivity index (χ0v) is 83.6. The van der Waals surface area contributed by atoms with Gasteiger partial charge >= 0.3 is 0 Å². The summed E-state index contributed by atoms with van der Waals surface area (Å²) in [5, 5.41) is 14.6. The third-order valence-electron chi connectivity index (χ3n) is 22.6. The zero-order valence-electron chi connectivity index (χ0n) is 81.6. The third-order valence-corrected chi connectivity index (χ3v) is 32.9. The second-order valence-corrected chi connectivity index (χ2v) is 47.5. The second kappa shape index (κ2) is 43.4. The van der Waals surface area contributed by atoms with Crippen molar-refractivity contribution in [3.05, 3.63) is 436 Å². The molecule has 21 rings (SSSR count). The predicted octanol–water partition coefficient (Wildman–Crippen LogP) is 26.0. The number of pyridine rings is 6. The van der Waals surface area contributed by atoms with Gasteiger partial charge in [-0.15, -0.1) is 179 Å². The topological polar surface area (TPSA) is 87.2 Å². The van der Waals surface area contributed by atoms with Gasteiger partial charge < -0.3 is 39.0 Å². The van der Waals surface area contributed by atoms with E-state index >= 15 is 0 Å². The largest absolute Gasteiger partial charge is 0.381 e. The van der Waals surface area contributed by atoms with Gasteiger partial charge in [0.25, 0.3) is 0 Å². The van der Waals surface area contributed by atoms with Crippen molar-refractivity contribution in [2.75, 3.05) is 0 Å². The fourth-order valence-electron chi connectivity index (χ4n) is 15.5. The van der Waals surface area contributed by atoms with Crippen molar-refractivity contribution < 1.29 is 72.7 Å². The molecule has 0 aliphatic heterocycles. The van der Waals surface area contributed by atoms with E-state index in [-0.39, 0.29) is 77.0 Å². The van der Waals surface area contributed by atoms with Crippen molar-refractivity contribution in [2.24, 2.45) is 0 Å². The number of fused-ring (bicyclic) bond motifs is 9. The zero-order chi connectivity index (χ0) is 94.7. The van der Waals surface area contributed by atoms with E-state index in [1.807, 2.05) is 84.3 Å². The maximum Gasteiger partial charge on any atom is 0.114 e. The van der Waals surface area contributed by atoms with Crippen LogP contribution in [-0.4, -0.2) is 63.3 Å². The molecule has 0 spiro atoms. The van der Waals surface area contributed by atoms with E-state index < -0.39 is 44.8 Å². The molecule has 0 saturated carbocycles. The van der Waals surface area contributed by atoms with Crippen molar-refractivity contribution in [3.8, 4) is 73.2 Å². The number of hydrogen-bond donors (Lipinski definition) is 0. The van der Waals surface area contributed by atoms with Crippen LogP contribution in [0.5, 0.6) is 0 Å². The van der Waals surface area contributed by atoms with Gasteiger partial charge in [0, 0.05) is 138 Å². The number of benzene rings is 12. The van der Waals surface area contributed by atoms with Crippen molar-refractivity contribution in [1.29, 1.82) is 0 Å². The Labute approximate surface area is 819 Å². The molecular formula is C114H98Ir3N8SSi3-6. The molecule has 129 heavy (non-hydrogen) atoms. The Balaban J connectivity index is 0.000000142. The van der Waals surface area contributed by atoms with E-state index in [1.54, 1.807) is 54.6 Å². The SMILES string of the molecule is CCn1c2ccccc2c2cc[c-]c(-c3ccc([Si](C)(C)c4ccccc4)cn3)c21.C[Si](C)(C)c1ccc(-c2[c-]cc3c4ccccc4n(-c4ccccc4)c3c2)nc1.C[Si](C)(c1ccccc1)c1ccc(-c2[c-]ccc3c2sc2ccccc23)nc1.[2H]C([2H])([2H])c1ccc(-c2[c-]cccc2)nc1.[2H]C([2H])([2H])c1ccc(-c2[c-]cccc2)nc1.[2H]C([2H])([2H])c1ccc(-c2[c-]cccc2)nc1.[Ir].[Ir].[Ir]. The fraction of sp³-hybridized carbons (Fsp3) is 0.105. The summed E-state index contributed by atoms with van der Waals surface area (Å²) in [6, 6.07) is 136. The smallest absolute Gasteiger partial charge is 0.114 e. The van der Waals surface area contributed by atoms with Crippen LogP contribution in [0.15, 0.2) is 383 Å². The Morgan fingerprint density at radius 2 is 0.713 bits per heavy atom. The molecule has 0 saturated heterocycles. The predicted molar refractivity (Wildman–Crippen MR) is 541 cm³/mol. The molecule has 645 valence electrons. The molecule has 0 amide bonds. The first-order chi connectivity index (χ1) is 65.0. The van der Waals surface area contributed by atoms with Gasteiger partial charge in [-0.05, 0) is 156 Å². The molecule has 15 heteroatoms. The Kier molecular flexibility index (Phi) is 27.8. The van der Waals surface area contributed by atoms with E-state index in [4.69, 9.17) is 27.3 Å². The van der Waals surface area contributed by atoms with Gasteiger partial charge in [-0.1, -0.05) is 279 Å². The number of para-hydroxylation sites is 3. The molecule has 9 aromatic heterocycles. The Bertz CT molecular complexity index is 7360. The molecule has 0 atom stereocenters. The standard InChI is InChI=1S/C27H25N2Si.C26H23N2Si.C25H20NSSi.3C12H10N.3Ir/c1-4-29-26-16-9-8-13-22(26)23-14-10-15-24(27(23)29)25-18-17-21(19-28-25)30(2,3)20-11-6-5-7-12-20;1-29(2,3)21-14-16-24(27-18-21)19-13-15-23-22-11-7-8-12-25(22)28(26(23)17-19)20-9-5-4-6-10-20;1-28(2,18-9-4-3-5-10-18)19-15-16-23(26-17-19)22-13-8-12-21-20-11-6-7-14-24(20)27-25(21)22;3*1-10-7-8-12(13-9-10)11-5-3-2-4-6-11;;;/h5-14,16-19H,4H2,1-3H3;4-12,14-18H,1-3H3;3-12,14-17H,1-2H3;3*2-5,7-9H,1H3;;;/q6*-1;;;/i;;;3*1D3;;;. The minimum atomic E-state index is -2.09. The molecule has 9 heterocycles. The van der Waals surface area contributed by atoms with Crippen molar-refractivity contribution in [2.45, 2.75) is 79.9 Å². The number of hydrogen-bond acceptors (Lipinski definition) is 7. The molecule has 3 radical (unpaired) electrons. The van der Waals surface area contributed by atoms with Crippen LogP contribution >= 0.6 is 11.3 Å². The van der Waals surface area contributed by atoms with Gasteiger partial charge in [-0.25, -0.2) is 0 Å². The fourth-order valence-corrected chi connectivity index (χ4v) is 22.3. The van der Waals surface area contributed by atoms with Gasteiger partial charge in [0.1, 0.15) is 16.1 Å². The average molecular weight is 2280 g/mol. The van der Waals surface area contributed by atoms with Crippen LogP contribution in [0.2, 0.25) is 45.8 Å². The summed E-state index contributed by atoms with van der Waals surface area (Å²) < 4.78 is 72.4. The number of nitrogens with zero attached hydrogens (tertiary/aromatic N) is 8. The number of thiophene rings is 1. The summed E-state index contributed by atoms with van der Waals surface area (Å²) in [5.74, 6) is 0. The van der Waals surface area contributed by atoms with Crippen LogP contribution < -0.4 is 25.9 Å². The first-order valence-electron chi connectivity index (χ1n) is 46.6. The van der Waals surface area contributed by atoms with Crippen molar-refractivity contribution in [3.63, 3.8) is 0 Å². The molecule has 0 fully saturated rings. The van der Waals surface area contributed by atoms with E-state index in [0.717, 1.165) is 79.8 Å². The van der Waals surface area contributed by atoms with Gasteiger partial charge in [0.05, 0.1) is 8.07 Å². The van der Waals surface area contributed by atoms with Crippen LogP contribution in [0.4, 0.5) is 0 Å². The molecule has 0 N–H and O–H groups in total. The Morgan fingerprint density at radius 3 is 1.17 bits per heavy atom. The van der Waals surface area contributed by atoms with Gasteiger partial charge in [-0.2, -0.15) is 11.3 Å². The van der Waals surface area contributed by atoms with E-state index in [2.05, 4.69) is 350 Å². The third kappa shape index (κ3) is 21.9. The summed E-state index contributed by atoms with van der Waals surface area (Å²) in [6.45, 7) is 13.4. The molecular weight excluding hydrogens is 2170 g/mol. The number of aryl methyl sites for hydroxylation is 4. The molecule has 0 aliphatic carbocycles. The Hall–Kier alpha value is -12.0. The quantitative estimate of drug-likeness (QED) is 0.0844. The van der Waals surface area contributed by atoms with Crippen LogP contribution in [-0.2, 0) is 66.9 Å². The molecule has 0 aliphatic rings. The first-order valence-corrected chi connectivity index (χ1v) is 52.4. The van der Waals surface area contributed by atoms with E-state index in [0.29, 0.717) is 0 Å². The van der Waals surface area contributed by atoms with Crippen LogP contribution in [0.25, 0.3) is 137 Å². The Morgan fingerprint density at radius 1 is 0.310 bits per heavy atom. The van der Waals surface area contributed by atoms with E-state index in [1.165, 1.54) is 108 Å². The summed E-state index contributed by atoms with van der Waals surface area (Å²) in [6.07, 6.45) is 10.4. The summed E-state index contributed by atoms with van der Waals surface area (Å²) in [7, 11) is -4.84. The van der Waals surface area contributed by atoms with Crippen LogP contribution in [0.3, 0.4) is 0 Å². The van der Waals surface area contributed by atoms with Crippen LogP contribution in [0, 0.1) is 57.0 Å². The van der Waals surface area contributed by atoms with Crippen LogP contribution in [0.1, 0.15) is 36.0 Å². The molecule has 0 unspecified atom stereocenters. The summed E-state index contributed by atoms with van der Waals surface area (Å²) in [4.78, 5) is 26.9. The number of rotatable bonds is 13. The normalized spacial score (nSPS) is 12.4. The maximum atomic E-state index is 7.23. The molecule has 8 nitrogen and oxygen atoms in total. The molecule has 0 bridgehead atoms. The molecule has 12 aromatic carbocycles. The molecule has 21 aromatic rings. The van der Waals surface area contributed by atoms with Gasteiger partial charge in [0.15, 0.2) is 0 Å². The van der Waals surface area contributed by atoms with Crippen molar-refractivity contribution in [1.82, 2.24) is 39.0 Å². The average Bonchev–Trinajstić information content (AvgIpc) is 1.77. The minimum absolute atomic E-state index is 0. The monoisotopic (exact) mass is 2280 g/mol. The van der Waals surface area contributed by atoms with E-state index in [9.17, 15) is 0 Å². The summed E-state index contributed by atoms with van der Waals surface area (Å²) >= 11 is 1.83. The summed E-state index contributed by atoms with van der Waals surface area (Å²) in [5.41, 5.74) is 17.8. The first kappa shape index (κ1) is 82.6. The number of aromatic nitrogens is 8. The minimum Gasteiger partial charge on any atom is -0.381 e. The van der Waals surface area contributed by atoms with Gasteiger partial charge in [-0.3, -0.25) is 0 Å². The van der Waals surface area contributed by atoms with Crippen molar-refractivity contribution >= 4 is 125 Å².